The fraction of sp³-hybridized carbons (Fsp3) is 0.929. The Bertz CT molecular complexity index is 267. The highest BCUT2D eigenvalue weighted by atomic mass is 16.4. The summed E-state index contributed by atoms with van der Waals surface area (Å²) in [5.41, 5.74) is -0.586. The fourth-order valence-corrected chi connectivity index (χ4v) is 3.16. The Morgan fingerprint density at radius 2 is 2.06 bits per heavy atom. The number of likely N-dealkylation sites (tertiary alicyclic amines) is 1. The van der Waals surface area contributed by atoms with Crippen molar-refractivity contribution in [1.82, 2.24) is 4.90 Å². The molecule has 1 N–H and O–H groups in total. The second kappa shape index (κ2) is 5.85. The van der Waals surface area contributed by atoms with Gasteiger partial charge in [-0.3, -0.25) is 9.69 Å². The number of rotatable bonds is 6. The lowest BCUT2D eigenvalue weighted by atomic mass is 9.87. The Labute approximate surface area is 105 Å². The van der Waals surface area contributed by atoms with Crippen LogP contribution in [-0.4, -0.2) is 34.1 Å². The Hall–Kier alpha value is -0.570. The Balaban J connectivity index is 2.92. The van der Waals surface area contributed by atoms with Crippen LogP contribution in [0.3, 0.4) is 0 Å². The van der Waals surface area contributed by atoms with Crippen molar-refractivity contribution in [2.24, 2.45) is 5.92 Å². The highest BCUT2D eigenvalue weighted by Crippen LogP contribution is 2.37. The van der Waals surface area contributed by atoms with Crippen molar-refractivity contribution in [2.75, 3.05) is 6.54 Å². The van der Waals surface area contributed by atoms with E-state index in [1.807, 2.05) is 0 Å². The number of carbonyl (C=O) groups is 1. The molecule has 3 atom stereocenters. The first kappa shape index (κ1) is 14.5. The zero-order chi connectivity index (χ0) is 13.1. The number of aliphatic carboxylic acids is 1. The smallest absolute Gasteiger partial charge is 0.324 e. The summed E-state index contributed by atoms with van der Waals surface area (Å²) in [6.45, 7) is 9.61. The average molecular weight is 241 g/mol. The third-order valence-corrected chi connectivity index (χ3v) is 4.56. The molecule has 0 spiro atoms. The molecule has 100 valence electrons. The molecular weight excluding hydrogens is 214 g/mol. The van der Waals surface area contributed by atoms with Gasteiger partial charge in [-0.15, -0.1) is 0 Å². The summed E-state index contributed by atoms with van der Waals surface area (Å²) in [5, 5.41) is 9.63. The molecule has 0 aromatic heterocycles. The SMILES string of the molecule is CCCC1(C(=O)O)CCCN1C(C)C(C)CC. The Morgan fingerprint density at radius 3 is 2.53 bits per heavy atom. The Kier molecular flexibility index (Phi) is 4.99. The number of hydrogen-bond donors (Lipinski definition) is 1. The van der Waals surface area contributed by atoms with Gasteiger partial charge in [0.25, 0.3) is 0 Å². The van der Waals surface area contributed by atoms with Gasteiger partial charge in [-0.05, 0) is 38.6 Å². The van der Waals surface area contributed by atoms with E-state index in [0.717, 1.165) is 38.6 Å². The molecule has 0 aromatic rings. The van der Waals surface area contributed by atoms with Gasteiger partial charge in [0.2, 0.25) is 0 Å². The van der Waals surface area contributed by atoms with Crippen LogP contribution in [0.2, 0.25) is 0 Å². The molecule has 0 radical (unpaired) electrons. The summed E-state index contributed by atoms with van der Waals surface area (Å²) >= 11 is 0. The van der Waals surface area contributed by atoms with Gasteiger partial charge in [0.15, 0.2) is 0 Å². The van der Waals surface area contributed by atoms with Crippen molar-refractivity contribution < 1.29 is 9.90 Å². The summed E-state index contributed by atoms with van der Waals surface area (Å²) < 4.78 is 0. The third-order valence-electron chi connectivity index (χ3n) is 4.56. The van der Waals surface area contributed by atoms with Crippen LogP contribution in [0.5, 0.6) is 0 Å². The van der Waals surface area contributed by atoms with Gasteiger partial charge in [0.1, 0.15) is 5.54 Å². The average Bonchev–Trinajstić information content (AvgIpc) is 2.72. The minimum atomic E-state index is -0.619. The minimum Gasteiger partial charge on any atom is -0.480 e. The highest BCUT2D eigenvalue weighted by Gasteiger charge is 2.48. The number of nitrogens with zero attached hydrogens (tertiary/aromatic N) is 1. The van der Waals surface area contributed by atoms with Gasteiger partial charge in [0.05, 0.1) is 0 Å². The van der Waals surface area contributed by atoms with Gasteiger partial charge >= 0.3 is 5.97 Å². The van der Waals surface area contributed by atoms with Crippen LogP contribution in [0.15, 0.2) is 0 Å². The monoisotopic (exact) mass is 241 g/mol. The predicted octanol–water partition coefficient (Wildman–Crippen LogP) is 3.14. The molecule has 1 rings (SSSR count). The second-order valence-corrected chi connectivity index (χ2v) is 5.51. The summed E-state index contributed by atoms with van der Waals surface area (Å²) in [5.74, 6) is -0.0596. The van der Waals surface area contributed by atoms with Crippen LogP contribution in [0.4, 0.5) is 0 Å². The van der Waals surface area contributed by atoms with Crippen molar-refractivity contribution in [2.45, 2.75) is 71.4 Å². The zero-order valence-electron chi connectivity index (χ0n) is 11.7. The largest absolute Gasteiger partial charge is 0.480 e. The molecular formula is C14H27NO2. The molecule has 1 aliphatic rings. The first-order chi connectivity index (χ1) is 7.99. The van der Waals surface area contributed by atoms with Crippen molar-refractivity contribution in [3.63, 3.8) is 0 Å². The summed E-state index contributed by atoms with van der Waals surface area (Å²) in [4.78, 5) is 14.0. The normalized spacial score (nSPS) is 29.2. The molecule has 1 heterocycles. The molecule has 3 unspecified atom stereocenters. The van der Waals surface area contributed by atoms with Crippen molar-refractivity contribution in [3.8, 4) is 0 Å². The second-order valence-electron chi connectivity index (χ2n) is 5.51. The van der Waals surface area contributed by atoms with E-state index < -0.39 is 11.5 Å². The third kappa shape index (κ3) is 2.65. The number of carboxylic acids is 1. The lowest BCUT2D eigenvalue weighted by Crippen LogP contribution is -2.55. The van der Waals surface area contributed by atoms with E-state index >= 15 is 0 Å². The van der Waals surface area contributed by atoms with Gasteiger partial charge in [-0.1, -0.05) is 33.6 Å². The molecule has 0 amide bonds. The van der Waals surface area contributed by atoms with Crippen molar-refractivity contribution in [3.05, 3.63) is 0 Å². The van der Waals surface area contributed by atoms with Gasteiger partial charge in [-0.25, -0.2) is 0 Å². The summed E-state index contributed by atoms with van der Waals surface area (Å²) in [7, 11) is 0. The fourth-order valence-electron chi connectivity index (χ4n) is 3.16. The molecule has 1 fully saturated rings. The van der Waals surface area contributed by atoms with E-state index in [0.29, 0.717) is 12.0 Å². The molecule has 1 aliphatic heterocycles. The molecule has 0 aliphatic carbocycles. The summed E-state index contributed by atoms with van der Waals surface area (Å²) in [6, 6.07) is 0.366. The summed E-state index contributed by atoms with van der Waals surface area (Å²) in [6.07, 6.45) is 4.67. The van der Waals surface area contributed by atoms with Crippen LogP contribution < -0.4 is 0 Å². The quantitative estimate of drug-likeness (QED) is 0.776. The topological polar surface area (TPSA) is 40.5 Å². The van der Waals surface area contributed by atoms with Gasteiger partial charge < -0.3 is 5.11 Å². The zero-order valence-corrected chi connectivity index (χ0v) is 11.7. The predicted molar refractivity (Wildman–Crippen MR) is 70.1 cm³/mol. The van der Waals surface area contributed by atoms with Crippen molar-refractivity contribution >= 4 is 5.97 Å². The van der Waals surface area contributed by atoms with E-state index in [-0.39, 0.29) is 0 Å². The first-order valence-corrected chi connectivity index (χ1v) is 6.99. The highest BCUT2D eigenvalue weighted by molar-refractivity contribution is 5.79. The van der Waals surface area contributed by atoms with Crippen LogP contribution in [0, 0.1) is 5.92 Å². The van der Waals surface area contributed by atoms with Crippen LogP contribution in [0.25, 0.3) is 0 Å². The van der Waals surface area contributed by atoms with E-state index in [4.69, 9.17) is 0 Å². The molecule has 1 saturated heterocycles. The molecule has 3 heteroatoms. The van der Waals surface area contributed by atoms with Crippen LogP contribution in [0.1, 0.15) is 59.8 Å². The first-order valence-electron chi connectivity index (χ1n) is 6.99. The number of hydrogen-bond acceptors (Lipinski definition) is 2. The van der Waals surface area contributed by atoms with Crippen LogP contribution in [-0.2, 0) is 4.79 Å². The maximum Gasteiger partial charge on any atom is 0.324 e. The van der Waals surface area contributed by atoms with E-state index in [1.165, 1.54) is 0 Å². The molecule has 17 heavy (non-hydrogen) atoms. The van der Waals surface area contributed by atoms with E-state index in [1.54, 1.807) is 0 Å². The van der Waals surface area contributed by atoms with Crippen LogP contribution >= 0.6 is 0 Å². The molecule has 3 nitrogen and oxygen atoms in total. The maximum atomic E-state index is 11.7. The maximum absolute atomic E-state index is 11.7. The Morgan fingerprint density at radius 1 is 1.41 bits per heavy atom. The van der Waals surface area contributed by atoms with E-state index in [9.17, 15) is 9.90 Å². The van der Waals surface area contributed by atoms with Gasteiger partial charge in [-0.2, -0.15) is 0 Å². The lowest BCUT2D eigenvalue weighted by Gasteiger charge is -2.41. The van der Waals surface area contributed by atoms with Crippen molar-refractivity contribution in [1.29, 1.82) is 0 Å². The van der Waals surface area contributed by atoms with E-state index in [2.05, 4.69) is 32.6 Å². The lowest BCUT2D eigenvalue weighted by molar-refractivity contribution is -0.152. The van der Waals surface area contributed by atoms with Gasteiger partial charge in [0, 0.05) is 6.04 Å². The minimum absolute atomic E-state index is 0.366. The molecule has 0 bridgehead atoms. The standard InChI is InChI=1S/C14H27NO2/c1-5-8-14(13(16)17)9-7-10-15(14)12(4)11(3)6-2/h11-12H,5-10H2,1-4H3,(H,16,17). The molecule has 0 aromatic carbocycles. The molecule has 0 saturated carbocycles. The number of carboxylic acid groups (broad SMARTS) is 1.